The van der Waals surface area contributed by atoms with Crippen molar-refractivity contribution in [1.29, 1.82) is 0 Å². The number of hydrogen-bond acceptors (Lipinski definition) is 6. The molecule has 0 bridgehead atoms. The Labute approximate surface area is 134 Å². The minimum absolute atomic E-state index is 0.355. The van der Waals surface area contributed by atoms with Crippen molar-refractivity contribution >= 4 is 23.9 Å². The Morgan fingerprint density at radius 3 is 2.09 bits per heavy atom. The van der Waals surface area contributed by atoms with E-state index in [-0.39, 0.29) is 5.92 Å². The van der Waals surface area contributed by atoms with Gasteiger partial charge in [-0.15, -0.1) is 0 Å². The first kappa shape index (κ1) is 18.7. The van der Waals surface area contributed by atoms with Crippen LogP contribution in [0.15, 0.2) is 0 Å². The molecule has 1 fully saturated rings. The van der Waals surface area contributed by atoms with Crippen LogP contribution in [0.25, 0.3) is 0 Å². The zero-order valence-electron chi connectivity index (χ0n) is 13.8. The van der Waals surface area contributed by atoms with Gasteiger partial charge in [0.15, 0.2) is 0 Å². The topological polar surface area (TPSA) is 114 Å². The number of nitrogens with zero attached hydrogens (tertiary/aromatic N) is 1. The summed E-state index contributed by atoms with van der Waals surface area (Å²) in [6.45, 7) is 6.13. The Morgan fingerprint density at radius 1 is 1.04 bits per heavy atom. The third-order valence-corrected chi connectivity index (χ3v) is 3.19. The zero-order chi connectivity index (χ0) is 17.6. The van der Waals surface area contributed by atoms with Crippen LogP contribution in [0.2, 0.25) is 0 Å². The number of hydrazine groups is 1. The minimum atomic E-state index is -1.09. The number of hydrogen-bond donors (Lipinski definition) is 2. The molecule has 0 aromatic carbocycles. The molecule has 3 amide bonds. The maximum absolute atomic E-state index is 11.9. The first-order valence-electron chi connectivity index (χ1n) is 7.30. The lowest BCUT2D eigenvalue weighted by Crippen LogP contribution is -2.50. The number of carbonyl (C=O) groups excluding carboxylic acids is 4. The fourth-order valence-electron chi connectivity index (χ4n) is 2.01. The van der Waals surface area contributed by atoms with E-state index in [9.17, 15) is 19.2 Å². The third-order valence-electron chi connectivity index (χ3n) is 3.19. The Hall–Kier alpha value is -2.32. The molecule has 1 aliphatic rings. The molecule has 130 valence electrons. The van der Waals surface area contributed by atoms with Gasteiger partial charge in [-0.3, -0.25) is 20.4 Å². The monoisotopic (exact) mass is 329 g/mol. The summed E-state index contributed by atoms with van der Waals surface area (Å²) in [7, 11) is 1.07. The van der Waals surface area contributed by atoms with E-state index in [0.717, 1.165) is 7.11 Å². The number of methoxy groups -OCH3 is 1. The summed E-state index contributed by atoms with van der Waals surface area (Å²) in [5, 5.41) is 0. The van der Waals surface area contributed by atoms with Crippen molar-refractivity contribution in [2.45, 2.75) is 39.2 Å². The molecular formula is C14H23N3O6. The van der Waals surface area contributed by atoms with Crippen LogP contribution in [0.5, 0.6) is 0 Å². The second-order valence-electron chi connectivity index (χ2n) is 6.18. The smallest absolute Gasteiger partial charge is 0.410 e. The van der Waals surface area contributed by atoms with Gasteiger partial charge < -0.3 is 14.4 Å². The van der Waals surface area contributed by atoms with E-state index >= 15 is 0 Å². The van der Waals surface area contributed by atoms with Gasteiger partial charge >= 0.3 is 18.0 Å². The van der Waals surface area contributed by atoms with Crippen molar-refractivity contribution in [1.82, 2.24) is 15.8 Å². The molecule has 23 heavy (non-hydrogen) atoms. The summed E-state index contributed by atoms with van der Waals surface area (Å²) >= 11 is 0. The van der Waals surface area contributed by atoms with Crippen LogP contribution < -0.4 is 10.9 Å². The fourth-order valence-corrected chi connectivity index (χ4v) is 2.01. The molecule has 1 heterocycles. The normalized spacial score (nSPS) is 15.6. The van der Waals surface area contributed by atoms with Crippen molar-refractivity contribution in [2.75, 3.05) is 20.2 Å². The molecule has 0 radical (unpaired) electrons. The number of ether oxygens (including phenoxy) is 2. The molecule has 1 rings (SSSR count). The predicted octanol–water partition coefficient (Wildman–Crippen LogP) is -0.0461. The molecule has 0 aromatic heterocycles. The van der Waals surface area contributed by atoms with Gasteiger partial charge in [0.2, 0.25) is 5.91 Å². The molecule has 2 N–H and O–H groups in total. The number of carbonyl (C=O) groups is 4. The van der Waals surface area contributed by atoms with Gasteiger partial charge in [-0.1, -0.05) is 0 Å². The lowest BCUT2D eigenvalue weighted by atomic mass is 9.96. The van der Waals surface area contributed by atoms with E-state index in [4.69, 9.17) is 4.74 Å². The number of likely N-dealkylation sites (tertiary alicyclic amines) is 1. The van der Waals surface area contributed by atoms with Crippen LogP contribution in [0, 0.1) is 5.92 Å². The van der Waals surface area contributed by atoms with Gasteiger partial charge in [-0.05, 0) is 33.6 Å². The van der Waals surface area contributed by atoms with Crippen molar-refractivity contribution in [3.63, 3.8) is 0 Å². The standard InChI is InChI=1S/C14H23N3O6/c1-14(2,3)23-13(21)17-7-5-9(6-8-17)10(18)15-16-11(19)12(20)22-4/h9H,5-8H2,1-4H3,(H,15,18)(H,16,19). The first-order valence-corrected chi connectivity index (χ1v) is 7.30. The second-order valence-corrected chi connectivity index (χ2v) is 6.18. The van der Waals surface area contributed by atoms with Crippen LogP contribution in [-0.2, 0) is 23.9 Å². The van der Waals surface area contributed by atoms with E-state index < -0.39 is 29.5 Å². The Bertz CT molecular complexity index is 477. The summed E-state index contributed by atoms with van der Waals surface area (Å²) in [5.74, 6) is -2.91. The molecular weight excluding hydrogens is 306 g/mol. The van der Waals surface area contributed by atoms with Crippen LogP contribution in [-0.4, -0.2) is 54.6 Å². The van der Waals surface area contributed by atoms with Gasteiger partial charge in [-0.25, -0.2) is 9.59 Å². The Morgan fingerprint density at radius 2 is 1.61 bits per heavy atom. The van der Waals surface area contributed by atoms with Crippen LogP contribution >= 0.6 is 0 Å². The molecule has 0 aliphatic carbocycles. The van der Waals surface area contributed by atoms with E-state index in [1.165, 1.54) is 0 Å². The fraction of sp³-hybridized carbons (Fsp3) is 0.714. The molecule has 0 saturated carbocycles. The van der Waals surface area contributed by atoms with E-state index in [2.05, 4.69) is 10.2 Å². The molecule has 1 aliphatic heterocycles. The first-order chi connectivity index (χ1) is 10.6. The summed E-state index contributed by atoms with van der Waals surface area (Å²) in [5.41, 5.74) is 3.59. The molecule has 9 nitrogen and oxygen atoms in total. The summed E-state index contributed by atoms with van der Waals surface area (Å²) in [6.07, 6.45) is 0.480. The lowest BCUT2D eigenvalue weighted by Gasteiger charge is -2.32. The molecule has 1 saturated heterocycles. The van der Waals surface area contributed by atoms with Crippen LogP contribution in [0.4, 0.5) is 4.79 Å². The van der Waals surface area contributed by atoms with Crippen molar-refractivity contribution in [3.05, 3.63) is 0 Å². The molecule has 0 spiro atoms. The highest BCUT2D eigenvalue weighted by Crippen LogP contribution is 2.19. The summed E-state index contributed by atoms with van der Waals surface area (Å²) in [4.78, 5) is 47.4. The highest BCUT2D eigenvalue weighted by Gasteiger charge is 2.30. The highest BCUT2D eigenvalue weighted by molar-refractivity contribution is 6.32. The third kappa shape index (κ3) is 6.13. The van der Waals surface area contributed by atoms with Gasteiger partial charge in [0.25, 0.3) is 0 Å². The lowest BCUT2D eigenvalue weighted by molar-refractivity contribution is -0.153. The number of piperidine rings is 1. The maximum Gasteiger partial charge on any atom is 0.410 e. The van der Waals surface area contributed by atoms with Crippen LogP contribution in [0.3, 0.4) is 0 Å². The highest BCUT2D eigenvalue weighted by atomic mass is 16.6. The summed E-state index contributed by atoms with van der Waals surface area (Å²) < 4.78 is 9.48. The SMILES string of the molecule is COC(=O)C(=O)NNC(=O)C1CCN(C(=O)OC(C)(C)C)CC1. The number of amides is 3. The average molecular weight is 329 g/mol. The van der Waals surface area contributed by atoms with E-state index in [1.807, 2.05) is 5.43 Å². The van der Waals surface area contributed by atoms with Gasteiger partial charge in [0.05, 0.1) is 7.11 Å². The van der Waals surface area contributed by atoms with Crippen molar-refractivity contribution in [2.24, 2.45) is 5.92 Å². The number of nitrogens with one attached hydrogen (secondary N) is 2. The Kier molecular flexibility index (Phi) is 6.35. The van der Waals surface area contributed by atoms with Gasteiger partial charge in [0.1, 0.15) is 5.60 Å². The molecule has 0 aromatic rings. The van der Waals surface area contributed by atoms with Gasteiger partial charge in [-0.2, -0.15) is 0 Å². The minimum Gasteiger partial charge on any atom is -0.462 e. The maximum atomic E-state index is 11.9. The van der Waals surface area contributed by atoms with E-state index in [0.29, 0.717) is 25.9 Å². The average Bonchev–Trinajstić information content (AvgIpc) is 2.49. The van der Waals surface area contributed by atoms with Crippen molar-refractivity contribution < 1.29 is 28.7 Å². The van der Waals surface area contributed by atoms with Gasteiger partial charge in [0, 0.05) is 19.0 Å². The molecule has 0 atom stereocenters. The van der Waals surface area contributed by atoms with Crippen LogP contribution in [0.1, 0.15) is 33.6 Å². The number of rotatable bonds is 1. The predicted molar refractivity (Wildman–Crippen MR) is 78.8 cm³/mol. The Balaban J connectivity index is 2.38. The summed E-state index contributed by atoms with van der Waals surface area (Å²) in [6, 6.07) is 0. The molecule has 9 heteroatoms. The quantitative estimate of drug-likeness (QED) is 0.396. The second kappa shape index (κ2) is 7.80. The largest absolute Gasteiger partial charge is 0.462 e. The van der Waals surface area contributed by atoms with E-state index in [1.54, 1.807) is 25.7 Å². The zero-order valence-corrected chi connectivity index (χ0v) is 13.8. The molecule has 0 unspecified atom stereocenters. The van der Waals surface area contributed by atoms with Crippen molar-refractivity contribution in [3.8, 4) is 0 Å². The number of esters is 1.